The number of allylic oxidation sites excluding steroid dienone is 2. The van der Waals surface area contributed by atoms with E-state index in [0.717, 1.165) is 29.7 Å². The van der Waals surface area contributed by atoms with Crippen LogP contribution in [0.5, 0.6) is 0 Å². The van der Waals surface area contributed by atoms with Crippen LogP contribution >= 0.6 is 0 Å². The maximum absolute atomic E-state index is 9.62. The molecule has 0 N–H and O–H groups in total. The molecule has 0 spiro atoms. The van der Waals surface area contributed by atoms with Gasteiger partial charge in [-0.05, 0) is 58.0 Å². The number of nitrogens with zero attached hydrogens (tertiary/aromatic N) is 4. The quantitative estimate of drug-likeness (QED) is 0.640. The number of anilines is 1. The molecule has 0 bridgehead atoms. The Morgan fingerprint density at radius 3 is 2.37 bits per heavy atom. The number of benzene rings is 1. The minimum atomic E-state index is -0.849. The Morgan fingerprint density at radius 1 is 1.07 bits per heavy atom. The van der Waals surface area contributed by atoms with Crippen molar-refractivity contribution in [1.29, 1.82) is 15.8 Å². The van der Waals surface area contributed by atoms with Crippen LogP contribution in [0.1, 0.15) is 33.5 Å². The third kappa shape index (κ3) is 3.66. The van der Waals surface area contributed by atoms with Gasteiger partial charge in [-0.1, -0.05) is 0 Å². The first-order valence-corrected chi connectivity index (χ1v) is 9.73. The van der Waals surface area contributed by atoms with Gasteiger partial charge in [-0.2, -0.15) is 15.8 Å². The van der Waals surface area contributed by atoms with Gasteiger partial charge >= 0.3 is 0 Å². The zero-order chi connectivity index (χ0) is 21.9. The van der Waals surface area contributed by atoms with Crippen LogP contribution in [-0.2, 0) is 4.74 Å². The lowest BCUT2D eigenvalue weighted by Crippen LogP contribution is -2.21. The first-order chi connectivity index (χ1) is 14.4. The fourth-order valence-electron chi connectivity index (χ4n) is 3.56. The predicted molar refractivity (Wildman–Crippen MR) is 115 cm³/mol. The smallest absolute Gasteiger partial charge is 0.172 e. The Labute approximate surface area is 176 Å². The van der Waals surface area contributed by atoms with Crippen molar-refractivity contribution in [2.24, 2.45) is 0 Å². The van der Waals surface area contributed by atoms with Gasteiger partial charge in [0.25, 0.3) is 0 Å². The third-order valence-electron chi connectivity index (χ3n) is 5.13. The van der Waals surface area contributed by atoms with Gasteiger partial charge in [-0.3, -0.25) is 0 Å². The van der Waals surface area contributed by atoms with E-state index in [-0.39, 0.29) is 16.9 Å². The molecule has 1 aliphatic heterocycles. The van der Waals surface area contributed by atoms with Gasteiger partial charge in [0.15, 0.2) is 11.3 Å². The molecule has 0 aliphatic carbocycles. The molecule has 2 aromatic rings. The lowest BCUT2D eigenvalue weighted by molar-refractivity contribution is 0.0954. The average molecular weight is 398 g/mol. The Bertz CT molecular complexity index is 1190. The summed E-state index contributed by atoms with van der Waals surface area (Å²) in [6, 6.07) is 13.7. The maximum Gasteiger partial charge on any atom is 0.172 e. The molecule has 0 amide bonds. The highest BCUT2D eigenvalue weighted by Crippen LogP contribution is 2.40. The minimum absolute atomic E-state index is 0.0284. The summed E-state index contributed by atoms with van der Waals surface area (Å²) in [5.74, 6) is 0.668. The molecule has 3 rings (SSSR count). The second-order valence-corrected chi connectivity index (χ2v) is 7.32. The van der Waals surface area contributed by atoms with Crippen molar-refractivity contribution in [3.05, 3.63) is 58.6 Å². The Kier molecular flexibility index (Phi) is 5.67. The summed E-state index contributed by atoms with van der Waals surface area (Å²) >= 11 is 0. The molecule has 0 saturated heterocycles. The van der Waals surface area contributed by atoms with E-state index in [1.807, 2.05) is 18.2 Å². The average Bonchev–Trinajstić information content (AvgIpc) is 3.25. The fourth-order valence-corrected chi connectivity index (χ4v) is 3.56. The summed E-state index contributed by atoms with van der Waals surface area (Å²) in [7, 11) is 0. The third-order valence-corrected chi connectivity index (χ3v) is 5.13. The van der Waals surface area contributed by atoms with Crippen LogP contribution < -0.4 is 4.90 Å². The monoisotopic (exact) mass is 398 g/mol. The molecular weight excluding hydrogens is 376 g/mol. The largest absolute Gasteiger partial charge is 0.480 e. The molecule has 0 unspecified atom stereocenters. The molecule has 150 valence electrons. The highest BCUT2D eigenvalue weighted by atomic mass is 16.5. The number of furan rings is 1. The molecule has 0 fully saturated rings. The van der Waals surface area contributed by atoms with Crippen molar-refractivity contribution in [3.63, 3.8) is 0 Å². The predicted octanol–water partition coefficient (Wildman–Crippen LogP) is 5.22. The van der Waals surface area contributed by atoms with Crippen LogP contribution in [0.15, 0.2) is 57.2 Å². The number of hydrogen-bond donors (Lipinski definition) is 0. The van der Waals surface area contributed by atoms with Gasteiger partial charge in [0.2, 0.25) is 0 Å². The van der Waals surface area contributed by atoms with Crippen molar-refractivity contribution in [2.45, 2.75) is 33.3 Å². The van der Waals surface area contributed by atoms with Crippen LogP contribution in [0, 0.1) is 34.0 Å². The Hall–Kier alpha value is -3.95. The second kappa shape index (κ2) is 8.19. The van der Waals surface area contributed by atoms with Crippen molar-refractivity contribution >= 4 is 22.7 Å². The number of fused-ring (bicyclic) bond motifs is 1. The number of rotatable bonds is 5. The van der Waals surface area contributed by atoms with Crippen LogP contribution in [-0.4, -0.2) is 18.7 Å². The van der Waals surface area contributed by atoms with Gasteiger partial charge < -0.3 is 14.1 Å². The molecule has 6 nitrogen and oxygen atoms in total. The van der Waals surface area contributed by atoms with Gasteiger partial charge in [0, 0.05) is 35.8 Å². The summed E-state index contributed by atoms with van der Waals surface area (Å²) in [6.45, 7) is 9.64. The lowest BCUT2D eigenvalue weighted by atomic mass is 9.94. The van der Waals surface area contributed by atoms with E-state index in [1.54, 1.807) is 38.1 Å². The van der Waals surface area contributed by atoms with Crippen molar-refractivity contribution < 1.29 is 9.15 Å². The minimum Gasteiger partial charge on any atom is -0.480 e. The summed E-state index contributed by atoms with van der Waals surface area (Å²) < 4.78 is 11.8. The lowest BCUT2D eigenvalue weighted by Gasteiger charge is -2.20. The van der Waals surface area contributed by atoms with Crippen LogP contribution in [0.25, 0.3) is 17.0 Å². The van der Waals surface area contributed by atoms with E-state index >= 15 is 0 Å². The molecular formula is C24H22N4O2. The van der Waals surface area contributed by atoms with Crippen molar-refractivity contribution in [2.75, 3.05) is 18.0 Å². The molecule has 1 aromatic carbocycles. The number of ether oxygens (including phenoxy) is 1. The summed E-state index contributed by atoms with van der Waals surface area (Å²) in [4.78, 5) is 2.25. The van der Waals surface area contributed by atoms with E-state index in [2.05, 4.69) is 30.9 Å². The molecule has 0 radical (unpaired) electrons. The summed E-state index contributed by atoms with van der Waals surface area (Å²) in [6.07, 6.45) is 3.52. The zero-order valence-electron chi connectivity index (χ0n) is 17.5. The highest BCUT2D eigenvalue weighted by Gasteiger charge is 2.38. The zero-order valence-corrected chi connectivity index (χ0v) is 17.5. The topological polar surface area (TPSA) is 97.0 Å². The number of nitriles is 3. The van der Waals surface area contributed by atoms with Gasteiger partial charge in [-0.25, -0.2) is 0 Å². The normalized spacial score (nSPS) is 15.0. The summed E-state index contributed by atoms with van der Waals surface area (Å²) in [5.41, 5.74) is 1.61. The molecule has 1 aliphatic rings. The Balaban J connectivity index is 2.02. The van der Waals surface area contributed by atoms with Gasteiger partial charge in [-0.15, -0.1) is 0 Å². The Morgan fingerprint density at radius 2 is 1.77 bits per heavy atom. The molecule has 6 heteroatoms. The van der Waals surface area contributed by atoms with Crippen molar-refractivity contribution in [3.8, 4) is 18.2 Å². The van der Waals surface area contributed by atoms with E-state index < -0.39 is 5.60 Å². The van der Waals surface area contributed by atoms with Gasteiger partial charge in [0.05, 0.1) is 0 Å². The fraction of sp³-hybridized carbons (Fsp3) is 0.292. The summed E-state index contributed by atoms with van der Waals surface area (Å²) in [5, 5.41) is 28.9. The van der Waals surface area contributed by atoms with E-state index in [9.17, 15) is 5.26 Å². The molecule has 2 heterocycles. The van der Waals surface area contributed by atoms with Crippen LogP contribution in [0.4, 0.5) is 5.69 Å². The molecule has 1 aromatic heterocycles. The van der Waals surface area contributed by atoms with E-state index in [0.29, 0.717) is 11.3 Å². The maximum atomic E-state index is 9.62. The SMILES string of the molecule is CCN(CC)c1ccc2cc(/C=C/C3=C(C#N)C(=C(C#N)C#N)OC3(C)C)oc2c1. The first-order valence-electron chi connectivity index (χ1n) is 9.73. The second-order valence-electron chi connectivity index (χ2n) is 7.32. The molecule has 30 heavy (non-hydrogen) atoms. The van der Waals surface area contributed by atoms with E-state index in [4.69, 9.17) is 19.7 Å². The molecule has 0 saturated carbocycles. The standard InChI is InChI=1S/C24H22N4O2/c1-5-28(6-2)18-8-7-16-11-19(29-22(16)12-18)9-10-21-20(15-27)23(17(13-25)14-26)30-24(21,3)4/h7-12H,5-6H2,1-4H3/b10-9+. The van der Waals surface area contributed by atoms with Crippen molar-refractivity contribution in [1.82, 2.24) is 0 Å². The first kappa shape index (κ1) is 20.8. The van der Waals surface area contributed by atoms with Crippen LogP contribution in [0.3, 0.4) is 0 Å². The van der Waals surface area contributed by atoms with Gasteiger partial charge in [0.1, 0.15) is 40.7 Å². The highest BCUT2D eigenvalue weighted by molar-refractivity contribution is 5.83. The molecule has 0 atom stereocenters. The van der Waals surface area contributed by atoms with Crippen LogP contribution in [0.2, 0.25) is 0 Å². The number of hydrogen-bond acceptors (Lipinski definition) is 6. The van der Waals surface area contributed by atoms with E-state index in [1.165, 1.54) is 0 Å².